The van der Waals surface area contributed by atoms with Crippen LogP contribution in [0.5, 0.6) is 0 Å². The maximum absolute atomic E-state index is 8.66. The number of hydrogen-bond donors (Lipinski definition) is 3. The summed E-state index contributed by atoms with van der Waals surface area (Å²) < 4.78 is 0. The highest BCUT2D eigenvalue weighted by Gasteiger charge is 2.24. The molecule has 3 nitrogen and oxygen atoms in total. The van der Waals surface area contributed by atoms with Crippen LogP contribution in [0.1, 0.15) is 20.3 Å². The zero-order chi connectivity index (χ0) is 10.0. The van der Waals surface area contributed by atoms with Crippen molar-refractivity contribution in [2.24, 2.45) is 5.41 Å². The fourth-order valence-electron chi connectivity index (χ4n) is 0.485. The fourth-order valence-corrected chi connectivity index (χ4v) is 0.485. The molecule has 0 spiro atoms. The van der Waals surface area contributed by atoms with Crippen molar-refractivity contribution in [3.63, 3.8) is 0 Å². The lowest BCUT2D eigenvalue weighted by atomic mass is 9.88. The quantitative estimate of drug-likeness (QED) is 0.548. The van der Waals surface area contributed by atoms with Crippen LogP contribution in [0.3, 0.4) is 0 Å². The van der Waals surface area contributed by atoms with Gasteiger partial charge in [0.15, 0.2) is 0 Å². The SMILES string of the molecule is C=CC.CCC(CO)(CO)CO. The molecule has 0 bridgehead atoms. The molecule has 0 saturated carbocycles. The topological polar surface area (TPSA) is 60.7 Å². The first-order chi connectivity index (χ1) is 5.66. The Morgan fingerprint density at radius 3 is 1.42 bits per heavy atom. The summed E-state index contributed by atoms with van der Waals surface area (Å²) in [6.07, 6.45) is 2.34. The fraction of sp³-hybridized carbons (Fsp3) is 0.778. The zero-order valence-electron chi connectivity index (χ0n) is 7.95. The van der Waals surface area contributed by atoms with Gasteiger partial charge in [-0.05, 0) is 13.3 Å². The summed E-state index contributed by atoms with van der Waals surface area (Å²) in [6.45, 7) is 6.60. The van der Waals surface area contributed by atoms with Crippen LogP contribution in [0.15, 0.2) is 12.7 Å². The molecule has 0 rings (SSSR count). The first kappa shape index (κ1) is 14.2. The van der Waals surface area contributed by atoms with Crippen LogP contribution in [0, 0.1) is 5.41 Å². The van der Waals surface area contributed by atoms with E-state index in [2.05, 4.69) is 6.58 Å². The van der Waals surface area contributed by atoms with Gasteiger partial charge in [-0.3, -0.25) is 0 Å². The Kier molecular flexibility index (Phi) is 10.3. The molecule has 0 aliphatic rings. The molecule has 0 radical (unpaired) electrons. The lowest BCUT2D eigenvalue weighted by Gasteiger charge is -2.24. The Bertz CT molecular complexity index is 80.4. The van der Waals surface area contributed by atoms with Gasteiger partial charge >= 0.3 is 0 Å². The maximum Gasteiger partial charge on any atom is 0.0531 e. The third kappa shape index (κ3) is 5.29. The van der Waals surface area contributed by atoms with E-state index in [4.69, 9.17) is 15.3 Å². The molecule has 0 saturated heterocycles. The maximum atomic E-state index is 8.66. The zero-order valence-corrected chi connectivity index (χ0v) is 7.95. The van der Waals surface area contributed by atoms with Crippen molar-refractivity contribution < 1.29 is 15.3 Å². The van der Waals surface area contributed by atoms with Crippen LogP contribution >= 0.6 is 0 Å². The molecule has 3 N–H and O–H groups in total. The van der Waals surface area contributed by atoms with E-state index in [0.29, 0.717) is 6.42 Å². The molecular formula is C9H20O3. The van der Waals surface area contributed by atoms with Crippen LogP contribution in [-0.4, -0.2) is 35.1 Å². The largest absolute Gasteiger partial charge is 0.396 e. The molecule has 74 valence electrons. The summed E-state index contributed by atoms with van der Waals surface area (Å²) in [5.41, 5.74) is -0.667. The van der Waals surface area contributed by atoms with Gasteiger partial charge in [-0.1, -0.05) is 13.0 Å². The molecule has 0 aliphatic carbocycles. The Morgan fingerprint density at radius 1 is 1.17 bits per heavy atom. The highest BCUT2D eigenvalue weighted by Crippen LogP contribution is 2.18. The third-order valence-corrected chi connectivity index (χ3v) is 1.76. The van der Waals surface area contributed by atoms with E-state index in [1.807, 2.05) is 13.8 Å². The predicted molar refractivity (Wildman–Crippen MR) is 49.9 cm³/mol. The summed E-state index contributed by atoms with van der Waals surface area (Å²) >= 11 is 0. The molecule has 0 fully saturated rings. The van der Waals surface area contributed by atoms with E-state index >= 15 is 0 Å². The van der Waals surface area contributed by atoms with Crippen molar-refractivity contribution in [1.29, 1.82) is 0 Å². The van der Waals surface area contributed by atoms with Gasteiger partial charge in [-0.25, -0.2) is 0 Å². The highest BCUT2D eigenvalue weighted by molar-refractivity contribution is 4.74. The van der Waals surface area contributed by atoms with Crippen LogP contribution in [-0.2, 0) is 0 Å². The number of aliphatic hydroxyl groups is 3. The van der Waals surface area contributed by atoms with Crippen molar-refractivity contribution in [3.8, 4) is 0 Å². The minimum Gasteiger partial charge on any atom is -0.396 e. The van der Waals surface area contributed by atoms with E-state index in [1.165, 1.54) is 0 Å². The van der Waals surface area contributed by atoms with Gasteiger partial charge in [0.1, 0.15) is 0 Å². The van der Waals surface area contributed by atoms with Crippen LogP contribution in [0.2, 0.25) is 0 Å². The summed E-state index contributed by atoms with van der Waals surface area (Å²) in [5, 5.41) is 26.0. The van der Waals surface area contributed by atoms with Crippen molar-refractivity contribution in [1.82, 2.24) is 0 Å². The first-order valence-electron chi connectivity index (χ1n) is 4.06. The number of aliphatic hydroxyl groups excluding tert-OH is 3. The van der Waals surface area contributed by atoms with E-state index in [-0.39, 0.29) is 19.8 Å². The van der Waals surface area contributed by atoms with Crippen LogP contribution in [0.4, 0.5) is 0 Å². The van der Waals surface area contributed by atoms with Crippen molar-refractivity contribution >= 4 is 0 Å². The van der Waals surface area contributed by atoms with Crippen molar-refractivity contribution in [2.45, 2.75) is 20.3 Å². The molecule has 0 heterocycles. The predicted octanol–water partition coefficient (Wildman–Crippen LogP) is 0.552. The molecular weight excluding hydrogens is 156 g/mol. The molecule has 3 heteroatoms. The van der Waals surface area contributed by atoms with Crippen LogP contribution in [0.25, 0.3) is 0 Å². The standard InChI is InChI=1S/C6H14O3.C3H6/c1-2-6(3-7,4-8)5-9;1-3-2/h7-9H,2-5H2,1H3;3H,1H2,2H3. The molecule has 0 aromatic carbocycles. The normalized spacial score (nSPS) is 10.1. The Hall–Kier alpha value is -0.380. The lowest BCUT2D eigenvalue weighted by Crippen LogP contribution is -2.32. The van der Waals surface area contributed by atoms with Gasteiger partial charge in [-0.15, -0.1) is 6.58 Å². The van der Waals surface area contributed by atoms with E-state index < -0.39 is 5.41 Å². The molecule has 12 heavy (non-hydrogen) atoms. The molecule has 0 amide bonds. The second-order valence-corrected chi connectivity index (χ2v) is 2.74. The smallest absolute Gasteiger partial charge is 0.0531 e. The first-order valence-corrected chi connectivity index (χ1v) is 4.06. The highest BCUT2D eigenvalue weighted by atomic mass is 16.3. The van der Waals surface area contributed by atoms with Crippen molar-refractivity contribution in [3.05, 3.63) is 12.7 Å². The minimum absolute atomic E-state index is 0.156. The summed E-state index contributed by atoms with van der Waals surface area (Å²) in [6, 6.07) is 0. The minimum atomic E-state index is -0.667. The Balaban J connectivity index is 0. The molecule has 0 aromatic heterocycles. The molecule has 0 atom stereocenters. The summed E-state index contributed by atoms with van der Waals surface area (Å²) in [7, 11) is 0. The number of hydrogen-bond acceptors (Lipinski definition) is 3. The molecule has 0 unspecified atom stereocenters. The number of allylic oxidation sites excluding steroid dienone is 1. The molecule has 0 aliphatic heterocycles. The van der Waals surface area contributed by atoms with Gasteiger partial charge in [0.2, 0.25) is 0 Å². The Morgan fingerprint density at radius 2 is 1.42 bits per heavy atom. The van der Waals surface area contributed by atoms with Crippen LogP contribution < -0.4 is 0 Å². The Labute approximate surface area is 74.4 Å². The van der Waals surface area contributed by atoms with Gasteiger partial charge in [0.25, 0.3) is 0 Å². The van der Waals surface area contributed by atoms with Gasteiger partial charge in [0.05, 0.1) is 19.8 Å². The van der Waals surface area contributed by atoms with E-state index in [0.717, 1.165) is 0 Å². The summed E-state index contributed by atoms with van der Waals surface area (Å²) in [4.78, 5) is 0. The number of rotatable bonds is 4. The lowest BCUT2D eigenvalue weighted by molar-refractivity contribution is 0.00304. The second-order valence-electron chi connectivity index (χ2n) is 2.74. The average molecular weight is 176 g/mol. The third-order valence-electron chi connectivity index (χ3n) is 1.76. The second kappa shape index (κ2) is 8.71. The summed E-state index contributed by atoms with van der Waals surface area (Å²) in [5.74, 6) is 0. The molecule has 0 aromatic rings. The van der Waals surface area contributed by atoms with Gasteiger partial charge in [-0.2, -0.15) is 0 Å². The average Bonchev–Trinajstić information content (AvgIpc) is 2.11. The van der Waals surface area contributed by atoms with Gasteiger partial charge < -0.3 is 15.3 Å². The van der Waals surface area contributed by atoms with E-state index in [9.17, 15) is 0 Å². The van der Waals surface area contributed by atoms with Gasteiger partial charge in [0, 0.05) is 5.41 Å². The van der Waals surface area contributed by atoms with Crippen molar-refractivity contribution in [2.75, 3.05) is 19.8 Å². The monoisotopic (exact) mass is 176 g/mol. The van der Waals surface area contributed by atoms with E-state index in [1.54, 1.807) is 6.08 Å².